The van der Waals surface area contributed by atoms with Crippen molar-refractivity contribution < 1.29 is 14.4 Å². The molecule has 0 aliphatic carbocycles. The van der Waals surface area contributed by atoms with E-state index in [2.05, 4.69) is 29.7 Å². The van der Waals surface area contributed by atoms with E-state index in [9.17, 15) is 9.90 Å². The van der Waals surface area contributed by atoms with Crippen LogP contribution in [0, 0.1) is 11.8 Å². The fourth-order valence-electron chi connectivity index (χ4n) is 2.20. The maximum absolute atomic E-state index is 12.0. The molecule has 0 unspecified atom stereocenters. The second kappa shape index (κ2) is 8.10. The van der Waals surface area contributed by atoms with Gasteiger partial charge >= 0.3 is 0 Å². The van der Waals surface area contributed by atoms with Crippen LogP contribution in [0.1, 0.15) is 35.7 Å². The smallest absolute Gasteiger partial charge is 0.289 e. The van der Waals surface area contributed by atoms with E-state index in [4.69, 9.17) is 4.52 Å². The van der Waals surface area contributed by atoms with E-state index in [0.717, 1.165) is 18.5 Å². The van der Waals surface area contributed by atoms with E-state index < -0.39 is 0 Å². The molecule has 0 saturated heterocycles. The Morgan fingerprint density at radius 1 is 1.45 bits per heavy atom. The van der Waals surface area contributed by atoms with Crippen LogP contribution in [-0.4, -0.2) is 29.3 Å². The lowest BCUT2D eigenvalue weighted by Crippen LogP contribution is -2.31. The number of hydrogen-bond acceptors (Lipinski definition) is 5. The van der Waals surface area contributed by atoms with Crippen LogP contribution in [0.2, 0.25) is 0 Å². The molecule has 0 saturated carbocycles. The summed E-state index contributed by atoms with van der Waals surface area (Å²) < 4.78 is 5.08. The van der Waals surface area contributed by atoms with Crippen molar-refractivity contribution in [1.82, 2.24) is 10.5 Å². The molecule has 0 fully saturated rings. The van der Waals surface area contributed by atoms with Gasteiger partial charge in [-0.3, -0.25) is 4.79 Å². The van der Waals surface area contributed by atoms with E-state index in [-0.39, 0.29) is 24.2 Å². The van der Waals surface area contributed by atoms with Gasteiger partial charge < -0.3 is 14.9 Å². The number of aliphatic hydroxyl groups excluding tert-OH is 1. The minimum absolute atomic E-state index is 0.00314. The van der Waals surface area contributed by atoms with Crippen LogP contribution in [-0.2, 0) is 12.8 Å². The molecule has 0 radical (unpaired) electrons. The summed E-state index contributed by atoms with van der Waals surface area (Å²) in [6.45, 7) is 4.62. The van der Waals surface area contributed by atoms with Crippen molar-refractivity contribution in [3.8, 4) is 0 Å². The minimum atomic E-state index is -0.286. The van der Waals surface area contributed by atoms with Crippen LogP contribution in [0.15, 0.2) is 27.4 Å². The SMILES string of the molecule is CC(C)Cc1cc(C(=O)NC[C@@H](CO)Cc2ccsc2)on1. The van der Waals surface area contributed by atoms with Gasteiger partial charge in [0.1, 0.15) is 0 Å². The van der Waals surface area contributed by atoms with Gasteiger partial charge in [-0.15, -0.1) is 0 Å². The Bertz CT molecular complexity index is 578. The largest absolute Gasteiger partial charge is 0.396 e. The van der Waals surface area contributed by atoms with E-state index in [1.165, 1.54) is 5.56 Å². The Labute approximate surface area is 134 Å². The van der Waals surface area contributed by atoms with E-state index in [1.807, 2.05) is 11.4 Å². The van der Waals surface area contributed by atoms with Crippen LogP contribution in [0.3, 0.4) is 0 Å². The number of aromatic nitrogens is 1. The van der Waals surface area contributed by atoms with E-state index in [1.54, 1.807) is 17.4 Å². The van der Waals surface area contributed by atoms with Gasteiger partial charge in [0.15, 0.2) is 0 Å². The molecule has 2 heterocycles. The lowest BCUT2D eigenvalue weighted by molar-refractivity contribution is 0.0903. The summed E-state index contributed by atoms with van der Waals surface area (Å²) in [5.74, 6) is 0.399. The first-order valence-electron chi connectivity index (χ1n) is 7.44. The average Bonchev–Trinajstić information content (AvgIpc) is 3.14. The van der Waals surface area contributed by atoms with Gasteiger partial charge in [0.2, 0.25) is 5.76 Å². The van der Waals surface area contributed by atoms with Crippen LogP contribution < -0.4 is 5.32 Å². The lowest BCUT2D eigenvalue weighted by Gasteiger charge is -2.13. The summed E-state index contributed by atoms with van der Waals surface area (Å²) in [7, 11) is 0. The van der Waals surface area contributed by atoms with Gasteiger partial charge in [0, 0.05) is 25.1 Å². The molecule has 2 N–H and O–H groups in total. The number of amides is 1. The number of carbonyl (C=O) groups is 1. The van der Waals surface area contributed by atoms with Gasteiger partial charge in [-0.25, -0.2) is 0 Å². The molecule has 0 aromatic carbocycles. The van der Waals surface area contributed by atoms with Crippen molar-refractivity contribution in [3.63, 3.8) is 0 Å². The van der Waals surface area contributed by atoms with Crippen molar-refractivity contribution in [1.29, 1.82) is 0 Å². The number of thiophene rings is 1. The quantitative estimate of drug-likeness (QED) is 0.783. The molecule has 0 bridgehead atoms. The van der Waals surface area contributed by atoms with E-state index in [0.29, 0.717) is 12.5 Å². The van der Waals surface area contributed by atoms with E-state index >= 15 is 0 Å². The van der Waals surface area contributed by atoms with Crippen molar-refractivity contribution in [2.75, 3.05) is 13.2 Å². The number of nitrogens with one attached hydrogen (secondary N) is 1. The monoisotopic (exact) mass is 322 g/mol. The second-order valence-electron chi connectivity index (χ2n) is 5.87. The molecule has 120 valence electrons. The summed E-state index contributed by atoms with van der Waals surface area (Å²) >= 11 is 1.63. The number of aliphatic hydroxyl groups is 1. The van der Waals surface area contributed by atoms with Crippen molar-refractivity contribution in [2.24, 2.45) is 11.8 Å². The molecule has 0 aliphatic heterocycles. The molecular weight excluding hydrogens is 300 g/mol. The normalized spacial score (nSPS) is 12.5. The molecular formula is C16H22N2O3S. The zero-order chi connectivity index (χ0) is 15.9. The highest BCUT2D eigenvalue weighted by Gasteiger charge is 2.16. The molecule has 6 heteroatoms. The maximum Gasteiger partial charge on any atom is 0.289 e. The molecule has 2 aromatic heterocycles. The number of hydrogen-bond donors (Lipinski definition) is 2. The Morgan fingerprint density at radius 2 is 2.27 bits per heavy atom. The lowest BCUT2D eigenvalue weighted by atomic mass is 10.0. The van der Waals surface area contributed by atoms with Crippen molar-refractivity contribution >= 4 is 17.2 Å². The van der Waals surface area contributed by atoms with Crippen molar-refractivity contribution in [3.05, 3.63) is 39.9 Å². The minimum Gasteiger partial charge on any atom is -0.396 e. The van der Waals surface area contributed by atoms with Gasteiger partial charge in [-0.2, -0.15) is 11.3 Å². The summed E-state index contributed by atoms with van der Waals surface area (Å²) in [4.78, 5) is 12.0. The molecule has 2 aromatic rings. The summed E-state index contributed by atoms with van der Waals surface area (Å²) in [6.07, 6.45) is 1.53. The highest BCUT2D eigenvalue weighted by Crippen LogP contribution is 2.12. The number of carbonyl (C=O) groups excluding carboxylic acids is 1. The first-order valence-corrected chi connectivity index (χ1v) is 8.38. The third-order valence-corrected chi connectivity index (χ3v) is 4.05. The fourth-order valence-corrected chi connectivity index (χ4v) is 2.88. The van der Waals surface area contributed by atoms with Crippen molar-refractivity contribution in [2.45, 2.75) is 26.7 Å². The average molecular weight is 322 g/mol. The fraction of sp³-hybridized carbons (Fsp3) is 0.500. The number of nitrogens with zero attached hydrogens (tertiary/aromatic N) is 1. The molecule has 0 aliphatic rings. The topological polar surface area (TPSA) is 75.4 Å². The van der Waals surface area contributed by atoms with Gasteiger partial charge in [0.05, 0.1) is 5.69 Å². The first kappa shape index (κ1) is 16.7. The Hall–Kier alpha value is -1.66. The summed E-state index contributed by atoms with van der Waals surface area (Å²) in [6, 6.07) is 3.71. The van der Waals surface area contributed by atoms with Gasteiger partial charge in [0.25, 0.3) is 5.91 Å². The predicted molar refractivity (Wildman–Crippen MR) is 86.0 cm³/mol. The predicted octanol–water partition coefficient (Wildman–Crippen LogP) is 2.52. The number of rotatable bonds is 8. The first-order chi connectivity index (χ1) is 10.6. The standard InChI is InChI=1S/C16H22N2O3S/c1-11(2)5-14-7-15(21-18-14)16(20)17-8-13(9-19)6-12-3-4-22-10-12/h3-4,7,10-11,13,19H,5-6,8-9H2,1-2H3,(H,17,20)/t13-/m0/s1. The molecule has 22 heavy (non-hydrogen) atoms. The maximum atomic E-state index is 12.0. The van der Waals surface area contributed by atoms with Crippen LogP contribution in [0.5, 0.6) is 0 Å². The van der Waals surface area contributed by atoms with Gasteiger partial charge in [-0.05, 0) is 41.1 Å². The zero-order valence-corrected chi connectivity index (χ0v) is 13.7. The summed E-state index contributed by atoms with van der Waals surface area (Å²) in [5.41, 5.74) is 1.97. The Balaban J connectivity index is 1.84. The molecule has 0 spiro atoms. The molecule has 1 amide bonds. The third-order valence-electron chi connectivity index (χ3n) is 3.31. The van der Waals surface area contributed by atoms with Crippen LogP contribution in [0.4, 0.5) is 0 Å². The molecule has 2 rings (SSSR count). The summed E-state index contributed by atoms with van der Waals surface area (Å²) in [5, 5.41) is 20.2. The van der Waals surface area contributed by atoms with Gasteiger partial charge in [-0.1, -0.05) is 19.0 Å². The third kappa shape index (κ3) is 4.96. The Kier molecular flexibility index (Phi) is 6.15. The second-order valence-corrected chi connectivity index (χ2v) is 6.65. The zero-order valence-electron chi connectivity index (χ0n) is 12.9. The highest BCUT2D eigenvalue weighted by molar-refractivity contribution is 7.07. The van der Waals surface area contributed by atoms with Crippen LogP contribution >= 0.6 is 11.3 Å². The van der Waals surface area contributed by atoms with Crippen LogP contribution in [0.25, 0.3) is 0 Å². The molecule has 5 nitrogen and oxygen atoms in total. The highest BCUT2D eigenvalue weighted by atomic mass is 32.1. The Morgan fingerprint density at radius 3 is 2.91 bits per heavy atom. The molecule has 1 atom stereocenters.